The SMILES string of the molecule is CC(OC(=O)c1cc(Cl)cc(Cl)c1N)C(=O)Nc1sccc1C(N)=O. The van der Waals surface area contributed by atoms with Crippen molar-refractivity contribution in [2.45, 2.75) is 13.0 Å². The van der Waals surface area contributed by atoms with Crippen LogP contribution in [0.2, 0.25) is 10.0 Å². The van der Waals surface area contributed by atoms with Crippen molar-refractivity contribution in [2.24, 2.45) is 5.73 Å². The number of anilines is 2. The lowest BCUT2D eigenvalue weighted by atomic mass is 10.2. The fraction of sp³-hybridized carbons (Fsp3) is 0.133. The van der Waals surface area contributed by atoms with Crippen molar-refractivity contribution in [2.75, 3.05) is 11.1 Å². The van der Waals surface area contributed by atoms with Crippen LogP contribution < -0.4 is 16.8 Å². The Labute approximate surface area is 156 Å². The summed E-state index contributed by atoms with van der Waals surface area (Å²) in [4.78, 5) is 35.6. The summed E-state index contributed by atoms with van der Waals surface area (Å²) in [6.07, 6.45) is -1.16. The smallest absolute Gasteiger partial charge is 0.341 e. The average molecular weight is 402 g/mol. The fourth-order valence-corrected chi connectivity index (χ4v) is 3.13. The zero-order valence-electron chi connectivity index (χ0n) is 12.8. The molecule has 1 unspecified atom stereocenters. The number of nitrogen functional groups attached to an aromatic ring is 1. The molecule has 25 heavy (non-hydrogen) atoms. The number of amides is 2. The van der Waals surface area contributed by atoms with Gasteiger partial charge in [-0.25, -0.2) is 4.79 Å². The molecule has 2 rings (SSSR count). The Morgan fingerprint density at radius 1 is 1.24 bits per heavy atom. The molecule has 132 valence electrons. The Morgan fingerprint density at radius 3 is 2.56 bits per heavy atom. The third kappa shape index (κ3) is 4.41. The van der Waals surface area contributed by atoms with E-state index in [4.69, 9.17) is 39.4 Å². The lowest BCUT2D eigenvalue weighted by Gasteiger charge is -2.14. The standard InChI is InChI=1S/C15H13Cl2N3O4S/c1-6(13(22)20-14-8(12(19)21)2-3-25-14)24-15(23)9-4-7(16)5-10(17)11(9)18/h2-6H,18H2,1H3,(H2,19,21)(H,20,22). The van der Waals surface area contributed by atoms with Gasteiger partial charge in [-0.05, 0) is 30.5 Å². The molecular weight excluding hydrogens is 389 g/mol. The molecule has 1 aromatic carbocycles. The normalized spacial score (nSPS) is 11.6. The number of thiophene rings is 1. The van der Waals surface area contributed by atoms with Gasteiger partial charge < -0.3 is 21.5 Å². The van der Waals surface area contributed by atoms with E-state index in [-0.39, 0.29) is 31.9 Å². The topological polar surface area (TPSA) is 125 Å². The van der Waals surface area contributed by atoms with Crippen LogP contribution in [-0.2, 0) is 9.53 Å². The number of nitrogens with one attached hydrogen (secondary N) is 1. The number of ether oxygens (including phenoxy) is 1. The van der Waals surface area contributed by atoms with Gasteiger partial charge in [0.25, 0.3) is 11.8 Å². The Bertz CT molecular complexity index is 853. The van der Waals surface area contributed by atoms with E-state index in [9.17, 15) is 14.4 Å². The van der Waals surface area contributed by atoms with Crippen molar-refractivity contribution in [3.63, 3.8) is 0 Å². The third-order valence-corrected chi connectivity index (χ3v) is 4.50. The number of nitrogens with two attached hydrogens (primary N) is 2. The van der Waals surface area contributed by atoms with Gasteiger partial charge >= 0.3 is 5.97 Å². The molecule has 1 aromatic heterocycles. The molecule has 0 aliphatic rings. The monoisotopic (exact) mass is 401 g/mol. The second kappa shape index (κ2) is 7.73. The molecule has 2 amide bonds. The first-order valence-corrected chi connectivity index (χ1v) is 8.48. The molecule has 0 bridgehead atoms. The lowest BCUT2D eigenvalue weighted by molar-refractivity contribution is -0.123. The van der Waals surface area contributed by atoms with Gasteiger partial charge in [-0.3, -0.25) is 9.59 Å². The van der Waals surface area contributed by atoms with Gasteiger partial charge in [-0.1, -0.05) is 23.2 Å². The molecule has 7 nitrogen and oxygen atoms in total. The summed E-state index contributed by atoms with van der Waals surface area (Å²) in [6, 6.07) is 4.15. The van der Waals surface area contributed by atoms with Crippen LogP contribution >= 0.6 is 34.5 Å². The highest BCUT2D eigenvalue weighted by atomic mass is 35.5. The van der Waals surface area contributed by atoms with Crippen LogP contribution in [0.15, 0.2) is 23.6 Å². The van der Waals surface area contributed by atoms with E-state index in [1.165, 1.54) is 25.1 Å². The Hall–Kier alpha value is -2.29. The number of hydrogen-bond acceptors (Lipinski definition) is 6. The van der Waals surface area contributed by atoms with E-state index >= 15 is 0 Å². The summed E-state index contributed by atoms with van der Waals surface area (Å²) in [7, 11) is 0. The first-order chi connectivity index (χ1) is 11.7. The predicted molar refractivity (Wildman–Crippen MR) is 97.2 cm³/mol. The van der Waals surface area contributed by atoms with E-state index in [1.54, 1.807) is 5.38 Å². The predicted octanol–water partition coefficient (Wildman–Crippen LogP) is 2.92. The van der Waals surface area contributed by atoms with Crippen LogP contribution in [-0.4, -0.2) is 23.9 Å². The van der Waals surface area contributed by atoms with Crippen molar-refractivity contribution >= 4 is 63.0 Å². The fourth-order valence-electron chi connectivity index (χ4n) is 1.84. The summed E-state index contributed by atoms with van der Waals surface area (Å²) >= 11 is 12.8. The van der Waals surface area contributed by atoms with Crippen LogP contribution in [0.5, 0.6) is 0 Å². The highest BCUT2D eigenvalue weighted by Gasteiger charge is 2.23. The molecule has 0 saturated heterocycles. The van der Waals surface area contributed by atoms with Gasteiger partial charge in [0.15, 0.2) is 6.10 Å². The second-order valence-corrected chi connectivity index (χ2v) is 6.67. The maximum absolute atomic E-state index is 12.2. The molecular formula is C15H13Cl2N3O4S. The van der Waals surface area contributed by atoms with Crippen LogP contribution in [0.4, 0.5) is 10.7 Å². The van der Waals surface area contributed by atoms with Gasteiger partial charge in [0.1, 0.15) is 5.00 Å². The number of carbonyl (C=O) groups excluding carboxylic acids is 3. The zero-order chi connectivity index (χ0) is 18.7. The average Bonchev–Trinajstić information content (AvgIpc) is 2.98. The summed E-state index contributed by atoms with van der Waals surface area (Å²) in [5.74, 6) is -2.17. The van der Waals surface area contributed by atoms with Crippen molar-refractivity contribution < 1.29 is 19.1 Å². The van der Waals surface area contributed by atoms with Crippen LogP contribution in [0.1, 0.15) is 27.6 Å². The molecule has 2 aromatic rings. The van der Waals surface area contributed by atoms with Crippen molar-refractivity contribution in [3.8, 4) is 0 Å². The Balaban J connectivity index is 2.10. The summed E-state index contributed by atoms with van der Waals surface area (Å²) < 4.78 is 5.08. The van der Waals surface area contributed by atoms with Gasteiger partial charge in [-0.2, -0.15) is 0 Å². The molecule has 0 radical (unpaired) electrons. The van der Waals surface area contributed by atoms with Crippen LogP contribution in [0.25, 0.3) is 0 Å². The van der Waals surface area contributed by atoms with Gasteiger partial charge in [0, 0.05) is 5.02 Å². The minimum Gasteiger partial charge on any atom is -0.449 e. The molecule has 1 heterocycles. The highest BCUT2D eigenvalue weighted by molar-refractivity contribution is 7.14. The number of carbonyl (C=O) groups is 3. The number of halogens is 2. The van der Waals surface area contributed by atoms with Gasteiger partial charge in [0.05, 0.1) is 21.8 Å². The largest absolute Gasteiger partial charge is 0.449 e. The van der Waals surface area contributed by atoms with Gasteiger partial charge in [-0.15, -0.1) is 11.3 Å². The van der Waals surface area contributed by atoms with E-state index < -0.39 is 23.9 Å². The van der Waals surface area contributed by atoms with Gasteiger partial charge in [0.2, 0.25) is 0 Å². The first kappa shape index (κ1) is 19.0. The van der Waals surface area contributed by atoms with E-state index in [2.05, 4.69) is 5.32 Å². The first-order valence-electron chi connectivity index (χ1n) is 6.84. The number of esters is 1. The van der Waals surface area contributed by atoms with Crippen LogP contribution in [0, 0.1) is 0 Å². The number of rotatable bonds is 5. The third-order valence-electron chi connectivity index (χ3n) is 3.13. The summed E-state index contributed by atoms with van der Waals surface area (Å²) in [6.45, 7) is 1.37. The van der Waals surface area contributed by atoms with E-state index in [0.29, 0.717) is 0 Å². The minimum atomic E-state index is -1.16. The molecule has 0 fully saturated rings. The quantitative estimate of drug-likeness (QED) is 0.524. The van der Waals surface area contributed by atoms with Crippen molar-refractivity contribution in [1.82, 2.24) is 0 Å². The maximum Gasteiger partial charge on any atom is 0.341 e. The van der Waals surface area contributed by atoms with E-state index in [0.717, 1.165) is 11.3 Å². The molecule has 0 aliphatic heterocycles. The molecule has 0 saturated carbocycles. The summed E-state index contributed by atoms with van der Waals surface area (Å²) in [5.41, 5.74) is 11.0. The lowest BCUT2D eigenvalue weighted by Crippen LogP contribution is -2.30. The van der Waals surface area contributed by atoms with Crippen LogP contribution in [0.3, 0.4) is 0 Å². The summed E-state index contributed by atoms with van der Waals surface area (Å²) in [5, 5.41) is 4.65. The molecule has 0 aliphatic carbocycles. The number of benzene rings is 1. The Morgan fingerprint density at radius 2 is 1.92 bits per heavy atom. The Kier molecular flexibility index (Phi) is 5.89. The maximum atomic E-state index is 12.2. The second-order valence-electron chi connectivity index (χ2n) is 4.91. The molecule has 10 heteroatoms. The zero-order valence-corrected chi connectivity index (χ0v) is 15.2. The highest BCUT2D eigenvalue weighted by Crippen LogP contribution is 2.28. The molecule has 5 N–H and O–H groups in total. The molecule has 0 spiro atoms. The van der Waals surface area contributed by atoms with Crippen molar-refractivity contribution in [3.05, 3.63) is 44.8 Å². The number of primary amides is 1. The number of hydrogen-bond donors (Lipinski definition) is 3. The van der Waals surface area contributed by atoms with Crippen molar-refractivity contribution in [1.29, 1.82) is 0 Å². The van der Waals surface area contributed by atoms with E-state index in [1.807, 2.05) is 0 Å². The minimum absolute atomic E-state index is 0.00190. The molecule has 1 atom stereocenters.